The summed E-state index contributed by atoms with van der Waals surface area (Å²) in [5.74, 6) is 2.65. The maximum Gasteiger partial charge on any atom is 0.224 e. The Labute approximate surface area is 200 Å². The molecule has 176 valence electrons. The number of aromatic nitrogens is 2. The third-order valence-electron chi connectivity index (χ3n) is 5.87. The van der Waals surface area contributed by atoms with Gasteiger partial charge >= 0.3 is 0 Å². The highest BCUT2D eigenvalue weighted by Crippen LogP contribution is 2.19. The van der Waals surface area contributed by atoms with Crippen LogP contribution in [0.3, 0.4) is 0 Å². The number of ether oxygens (including phenoxy) is 2. The second kappa shape index (κ2) is 11.4. The number of imidazole rings is 1. The Morgan fingerprint density at radius 2 is 1.71 bits per heavy atom. The van der Waals surface area contributed by atoms with Crippen LogP contribution in [-0.2, 0) is 24.2 Å². The van der Waals surface area contributed by atoms with Gasteiger partial charge in [-0.15, -0.1) is 0 Å². The quantitative estimate of drug-likeness (QED) is 0.331. The van der Waals surface area contributed by atoms with Gasteiger partial charge in [0, 0.05) is 19.5 Å². The molecule has 0 aliphatic heterocycles. The number of carbonyl (C=O) groups excluding carboxylic acids is 1. The van der Waals surface area contributed by atoms with E-state index in [1.165, 1.54) is 0 Å². The topological polar surface area (TPSA) is 65.4 Å². The zero-order chi connectivity index (χ0) is 23.8. The molecule has 0 spiro atoms. The van der Waals surface area contributed by atoms with Gasteiger partial charge < -0.3 is 19.4 Å². The monoisotopic (exact) mass is 457 g/mol. The molecular formula is C28H31N3O3. The van der Waals surface area contributed by atoms with E-state index < -0.39 is 0 Å². The third-order valence-corrected chi connectivity index (χ3v) is 5.87. The number of fused-ring (bicyclic) bond motifs is 1. The van der Waals surface area contributed by atoms with Crippen molar-refractivity contribution in [3.63, 3.8) is 0 Å². The number of rotatable bonds is 11. The predicted octanol–water partition coefficient (Wildman–Crippen LogP) is 4.72. The van der Waals surface area contributed by atoms with E-state index in [0.29, 0.717) is 26.0 Å². The van der Waals surface area contributed by atoms with E-state index in [1.807, 2.05) is 73.7 Å². The lowest BCUT2D eigenvalue weighted by Crippen LogP contribution is -2.28. The van der Waals surface area contributed by atoms with E-state index in [4.69, 9.17) is 14.5 Å². The van der Waals surface area contributed by atoms with Crippen molar-refractivity contribution >= 4 is 16.9 Å². The summed E-state index contributed by atoms with van der Waals surface area (Å²) in [6.07, 6.45) is 1.92. The van der Waals surface area contributed by atoms with Crippen LogP contribution in [0.5, 0.6) is 11.5 Å². The smallest absolute Gasteiger partial charge is 0.224 e. The van der Waals surface area contributed by atoms with Gasteiger partial charge in [0.25, 0.3) is 0 Å². The molecule has 0 radical (unpaired) electrons. The molecule has 0 aliphatic rings. The minimum atomic E-state index is 0.0323. The molecule has 6 heteroatoms. The van der Waals surface area contributed by atoms with Gasteiger partial charge in [0.2, 0.25) is 5.91 Å². The van der Waals surface area contributed by atoms with Gasteiger partial charge in [-0.1, -0.05) is 36.4 Å². The number of para-hydroxylation sites is 2. The number of nitrogens with zero attached hydrogens (tertiary/aromatic N) is 2. The highest BCUT2D eigenvalue weighted by atomic mass is 16.5. The number of hydrogen-bond acceptors (Lipinski definition) is 4. The van der Waals surface area contributed by atoms with Crippen molar-refractivity contribution in [2.75, 3.05) is 20.3 Å². The second-order valence-electron chi connectivity index (χ2n) is 8.25. The van der Waals surface area contributed by atoms with Crippen LogP contribution in [0.15, 0.2) is 72.8 Å². The van der Waals surface area contributed by atoms with Crippen molar-refractivity contribution in [1.29, 1.82) is 0 Å². The molecular weight excluding hydrogens is 426 g/mol. The molecule has 0 aliphatic carbocycles. The highest BCUT2D eigenvalue weighted by Gasteiger charge is 2.11. The summed E-state index contributed by atoms with van der Waals surface area (Å²) in [4.78, 5) is 17.3. The molecule has 0 atom stereocenters. The van der Waals surface area contributed by atoms with E-state index in [9.17, 15) is 4.79 Å². The highest BCUT2D eigenvalue weighted by molar-refractivity contribution is 5.79. The van der Waals surface area contributed by atoms with Crippen molar-refractivity contribution < 1.29 is 14.3 Å². The first-order valence-electron chi connectivity index (χ1n) is 11.7. The predicted molar refractivity (Wildman–Crippen MR) is 134 cm³/mol. The van der Waals surface area contributed by atoms with Crippen LogP contribution < -0.4 is 14.8 Å². The van der Waals surface area contributed by atoms with Crippen molar-refractivity contribution in [2.24, 2.45) is 0 Å². The average Bonchev–Trinajstić information content (AvgIpc) is 3.21. The fraction of sp³-hybridized carbons (Fsp3) is 0.286. The molecule has 6 nitrogen and oxygen atoms in total. The van der Waals surface area contributed by atoms with Crippen molar-refractivity contribution in [3.8, 4) is 11.5 Å². The number of nitrogens with one attached hydrogen (secondary N) is 1. The summed E-state index contributed by atoms with van der Waals surface area (Å²) in [5.41, 5.74) is 4.27. The molecule has 0 saturated carbocycles. The number of hydrogen-bond donors (Lipinski definition) is 1. The molecule has 1 N–H and O–H groups in total. The first-order chi connectivity index (χ1) is 16.6. The van der Waals surface area contributed by atoms with Crippen LogP contribution in [0, 0.1) is 6.92 Å². The van der Waals surface area contributed by atoms with E-state index in [-0.39, 0.29) is 5.91 Å². The first kappa shape index (κ1) is 23.4. The maximum atomic E-state index is 12.4. The third kappa shape index (κ3) is 5.95. The Kier molecular flexibility index (Phi) is 7.81. The van der Waals surface area contributed by atoms with Gasteiger partial charge in [0.1, 0.15) is 17.3 Å². The van der Waals surface area contributed by atoms with Gasteiger partial charge in [-0.2, -0.15) is 0 Å². The summed E-state index contributed by atoms with van der Waals surface area (Å²) >= 11 is 0. The van der Waals surface area contributed by atoms with Crippen LogP contribution >= 0.6 is 0 Å². The van der Waals surface area contributed by atoms with Crippen molar-refractivity contribution in [1.82, 2.24) is 14.9 Å². The Morgan fingerprint density at radius 3 is 2.50 bits per heavy atom. The second-order valence-corrected chi connectivity index (χ2v) is 8.25. The molecule has 0 saturated heterocycles. The number of carbonyl (C=O) groups is 1. The Bertz CT molecular complexity index is 1230. The summed E-state index contributed by atoms with van der Waals surface area (Å²) in [6, 6.07) is 23.8. The summed E-state index contributed by atoms with van der Waals surface area (Å²) in [6.45, 7) is 3.98. The number of amides is 1. The molecule has 0 unspecified atom stereocenters. The molecule has 0 bridgehead atoms. The number of methoxy groups -OCH3 is 1. The molecule has 34 heavy (non-hydrogen) atoms. The molecule has 4 rings (SSSR count). The fourth-order valence-corrected chi connectivity index (χ4v) is 4.01. The fourth-order valence-electron chi connectivity index (χ4n) is 4.01. The summed E-state index contributed by atoms with van der Waals surface area (Å²) < 4.78 is 13.3. The zero-order valence-corrected chi connectivity index (χ0v) is 19.8. The maximum absolute atomic E-state index is 12.4. The minimum absolute atomic E-state index is 0.0323. The van der Waals surface area contributed by atoms with Crippen LogP contribution in [0.2, 0.25) is 0 Å². The lowest BCUT2D eigenvalue weighted by molar-refractivity contribution is -0.120. The Hall–Kier alpha value is -3.80. The number of benzene rings is 3. The minimum Gasteiger partial charge on any atom is -0.497 e. The van der Waals surface area contributed by atoms with Crippen LogP contribution in [-0.4, -0.2) is 35.7 Å². The standard InChI is InChI=1S/C28H31N3O3/c1-21-8-3-4-9-22(21)20-28(32)29-17-16-27-30-25-10-5-6-11-26(25)31(27)18-7-19-34-24-14-12-23(33-2)13-15-24/h3-6,8-15H,7,16-20H2,1-2H3,(H,29,32). The van der Waals surface area contributed by atoms with Gasteiger partial charge in [-0.25, -0.2) is 4.98 Å². The molecule has 1 aromatic heterocycles. The molecule has 1 heterocycles. The van der Waals surface area contributed by atoms with Crippen molar-refractivity contribution in [2.45, 2.75) is 32.7 Å². The number of aryl methyl sites for hydroxylation is 2. The normalized spacial score (nSPS) is 10.9. The van der Waals surface area contributed by atoms with E-state index in [2.05, 4.69) is 16.0 Å². The SMILES string of the molecule is COc1ccc(OCCCn2c(CCNC(=O)Cc3ccccc3C)nc3ccccc32)cc1. The molecule has 1 amide bonds. The van der Waals surface area contributed by atoms with Crippen molar-refractivity contribution in [3.05, 3.63) is 89.7 Å². The van der Waals surface area contributed by atoms with Gasteiger partial charge in [-0.3, -0.25) is 4.79 Å². The Morgan fingerprint density at radius 1 is 0.971 bits per heavy atom. The lowest BCUT2D eigenvalue weighted by atomic mass is 10.1. The van der Waals surface area contributed by atoms with Crippen LogP contribution in [0.4, 0.5) is 0 Å². The van der Waals surface area contributed by atoms with Gasteiger partial charge in [0.05, 0.1) is 31.2 Å². The Balaban J connectivity index is 1.33. The largest absolute Gasteiger partial charge is 0.497 e. The van der Waals surface area contributed by atoms with E-state index in [1.54, 1.807) is 7.11 Å². The van der Waals surface area contributed by atoms with Crippen LogP contribution in [0.25, 0.3) is 11.0 Å². The van der Waals surface area contributed by atoms with Gasteiger partial charge in [0.15, 0.2) is 0 Å². The van der Waals surface area contributed by atoms with E-state index in [0.717, 1.165) is 52.4 Å². The summed E-state index contributed by atoms with van der Waals surface area (Å²) in [7, 11) is 1.65. The average molecular weight is 458 g/mol. The lowest BCUT2D eigenvalue weighted by Gasteiger charge is -2.11. The van der Waals surface area contributed by atoms with Gasteiger partial charge in [-0.05, 0) is 60.9 Å². The molecule has 0 fully saturated rings. The zero-order valence-electron chi connectivity index (χ0n) is 19.8. The van der Waals surface area contributed by atoms with E-state index >= 15 is 0 Å². The molecule has 4 aromatic rings. The summed E-state index contributed by atoms with van der Waals surface area (Å²) in [5, 5.41) is 3.05. The molecule has 3 aromatic carbocycles. The first-order valence-corrected chi connectivity index (χ1v) is 11.7. The van der Waals surface area contributed by atoms with Crippen LogP contribution in [0.1, 0.15) is 23.4 Å².